The topological polar surface area (TPSA) is 74.7 Å². The Morgan fingerprint density at radius 3 is 2.74 bits per heavy atom. The molecule has 5 nitrogen and oxygen atoms in total. The van der Waals surface area contributed by atoms with Crippen molar-refractivity contribution in [1.82, 2.24) is 4.31 Å². The number of thiophene rings is 1. The van der Waals surface area contributed by atoms with Crippen molar-refractivity contribution < 1.29 is 18.3 Å². The number of aliphatic carboxylic acids is 1. The summed E-state index contributed by atoms with van der Waals surface area (Å²) in [5, 5.41) is 10.9. The fourth-order valence-electron chi connectivity index (χ4n) is 2.51. The quantitative estimate of drug-likeness (QED) is 0.926. The molecule has 0 saturated carbocycles. The highest BCUT2D eigenvalue weighted by atomic mass is 32.2. The molecule has 2 heterocycles. The highest BCUT2D eigenvalue weighted by molar-refractivity contribution is 7.91. The molecule has 1 N–H and O–H groups in total. The van der Waals surface area contributed by atoms with Crippen LogP contribution in [0.15, 0.2) is 15.7 Å². The number of carbonyl (C=O) groups is 1. The average molecular weight is 303 g/mol. The highest BCUT2D eigenvalue weighted by Gasteiger charge is 2.40. The number of nitrogens with zero attached hydrogens (tertiary/aromatic N) is 1. The van der Waals surface area contributed by atoms with Crippen LogP contribution in [0.1, 0.15) is 25.3 Å². The van der Waals surface area contributed by atoms with E-state index < -0.39 is 28.0 Å². The van der Waals surface area contributed by atoms with Gasteiger partial charge in [-0.1, -0.05) is 0 Å². The van der Waals surface area contributed by atoms with Crippen LogP contribution in [-0.2, 0) is 14.8 Å². The summed E-state index contributed by atoms with van der Waals surface area (Å²) in [7, 11) is -3.58. The second kappa shape index (κ2) is 5.22. The maximum atomic E-state index is 12.6. The molecule has 2 rings (SSSR count). The van der Waals surface area contributed by atoms with Gasteiger partial charge in [-0.2, -0.15) is 4.31 Å². The van der Waals surface area contributed by atoms with E-state index in [-0.39, 0.29) is 0 Å². The summed E-state index contributed by atoms with van der Waals surface area (Å²) in [5.74, 6) is -1.54. The van der Waals surface area contributed by atoms with Crippen LogP contribution in [0.2, 0.25) is 0 Å². The van der Waals surface area contributed by atoms with E-state index in [1.807, 2.05) is 0 Å². The van der Waals surface area contributed by atoms with E-state index in [1.165, 1.54) is 15.6 Å². The van der Waals surface area contributed by atoms with Crippen molar-refractivity contribution in [3.05, 3.63) is 17.0 Å². The minimum Gasteiger partial charge on any atom is -0.481 e. The predicted octanol–water partition coefficient (Wildman–Crippen LogP) is 1.93. The molecule has 0 spiro atoms. The number of hydrogen-bond donors (Lipinski definition) is 1. The Labute approximate surface area is 116 Å². The summed E-state index contributed by atoms with van der Waals surface area (Å²) < 4.78 is 26.8. The Balaban J connectivity index is 2.35. The van der Waals surface area contributed by atoms with Crippen LogP contribution in [0.4, 0.5) is 0 Å². The Kier molecular flexibility index (Phi) is 3.98. The molecule has 1 fully saturated rings. The molecule has 0 aromatic carbocycles. The lowest BCUT2D eigenvalue weighted by Crippen LogP contribution is -2.48. The fraction of sp³-hybridized carbons (Fsp3) is 0.583. The van der Waals surface area contributed by atoms with Gasteiger partial charge in [0.15, 0.2) is 0 Å². The van der Waals surface area contributed by atoms with Crippen molar-refractivity contribution in [3.63, 3.8) is 0 Å². The molecule has 0 unspecified atom stereocenters. The van der Waals surface area contributed by atoms with Crippen LogP contribution >= 0.6 is 11.3 Å². The predicted molar refractivity (Wildman–Crippen MR) is 72.8 cm³/mol. The van der Waals surface area contributed by atoms with Gasteiger partial charge in [0.2, 0.25) is 0 Å². The van der Waals surface area contributed by atoms with E-state index in [2.05, 4.69) is 0 Å². The Hall–Kier alpha value is -0.920. The number of piperidine rings is 1. The Bertz CT molecular complexity index is 578. The minimum atomic E-state index is -3.58. The van der Waals surface area contributed by atoms with Gasteiger partial charge in [0.05, 0.1) is 5.92 Å². The molecule has 1 aromatic heterocycles. The molecule has 1 aliphatic rings. The smallest absolute Gasteiger partial charge is 0.308 e. The number of rotatable bonds is 3. The van der Waals surface area contributed by atoms with Gasteiger partial charge in [-0.15, -0.1) is 11.3 Å². The van der Waals surface area contributed by atoms with Gasteiger partial charge in [-0.05, 0) is 43.7 Å². The van der Waals surface area contributed by atoms with E-state index >= 15 is 0 Å². The zero-order valence-electron chi connectivity index (χ0n) is 10.9. The molecule has 0 amide bonds. The molecular formula is C12H17NO4S2. The number of aryl methyl sites for hydroxylation is 1. The maximum absolute atomic E-state index is 12.6. The molecule has 0 bridgehead atoms. The minimum absolute atomic E-state index is 0.324. The van der Waals surface area contributed by atoms with Gasteiger partial charge >= 0.3 is 5.97 Å². The van der Waals surface area contributed by atoms with Crippen molar-refractivity contribution in [2.45, 2.75) is 36.9 Å². The maximum Gasteiger partial charge on any atom is 0.308 e. The van der Waals surface area contributed by atoms with Crippen molar-refractivity contribution >= 4 is 27.3 Å². The van der Waals surface area contributed by atoms with E-state index in [0.717, 1.165) is 5.56 Å². The van der Waals surface area contributed by atoms with Gasteiger partial charge in [-0.25, -0.2) is 8.42 Å². The third-order valence-electron chi connectivity index (χ3n) is 3.61. The molecular weight excluding hydrogens is 286 g/mol. The van der Waals surface area contributed by atoms with Gasteiger partial charge in [0, 0.05) is 12.6 Å². The first-order chi connectivity index (χ1) is 8.85. The third kappa shape index (κ3) is 2.54. The van der Waals surface area contributed by atoms with Crippen molar-refractivity contribution in [2.75, 3.05) is 6.54 Å². The van der Waals surface area contributed by atoms with E-state index in [1.54, 1.807) is 25.3 Å². The van der Waals surface area contributed by atoms with Gasteiger partial charge < -0.3 is 5.11 Å². The third-order valence-corrected chi connectivity index (χ3v) is 7.26. The van der Waals surface area contributed by atoms with Crippen molar-refractivity contribution in [2.24, 2.45) is 5.92 Å². The Morgan fingerprint density at radius 1 is 1.53 bits per heavy atom. The largest absolute Gasteiger partial charge is 0.481 e. The van der Waals surface area contributed by atoms with Crippen LogP contribution < -0.4 is 0 Å². The normalized spacial score (nSPS) is 25.4. The monoisotopic (exact) mass is 303 g/mol. The lowest BCUT2D eigenvalue weighted by atomic mass is 9.92. The summed E-state index contributed by atoms with van der Waals surface area (Å²) in [6.45, 7) is 3.83. The summed E-state index contributed by atoms with van der Waals surface area (Å²) in [6.07, 6.45) is 1.12. The molecule has 2 atom stereocenters. The lowest BCUT2D eigenvalue weighted by molar-refractivity contribution is -0.144. The number of sulfonamides is 1. The molecule has 7 heteroatoms. The molecule has 106 valence electrons. The van der Waals surface area contributed by atoms with Gasteiger partial charge in [-0.3, -0.25) is 4.79 Å². The standard InChI is InChI=1S/C12H17NO4S2/c1-8-5-7-18-12(8)19(16,17)13-6-3-4-10(9(13)2)11(14)15/h5,7,9-10H,3-4,6H2,1-2H3,(H,14,15)/t9-,10-/m1/s1. The number of hydrogen-bond acceptors (Lipinski definition) is 4. The second-order valence-electron chi connectivity index (χ2n) is 4.83. The fourth-order valence-corrected chi connectivity index (χ4v) is 5.74. The molecule has 1 saturated heterocycles. The summed E-state index contributed by atoms with van der Waals surface area (Å²) in [6, 6.07) is 1.26. The van der Waals surface area contributed by atoms with Gasteiger partial charge in [0.25, 0.3) is 10.0 Å². The van der Waals surface area contributed by atoms with Crippen LogP contribution in [0.5, 0.6) is 0 Å². The van der Waals surface area contributed by atoms with E-state index in [9.17, 15) is 13.2 Å². The molecule has 1 aromatic rings. The van der Waals surface area contributed by atoms with Crippen LogP contribution in [0, 0.1) is 12.8 Å². The summed E-state index contributed by atoms with van der Waals surface area (Å²) in [5.41, 5.74) is 0.717. The molecule has 1 aliphatic heterocycles. The number of carboxylic acids is 1. The Morgan fingerprint density at radius 2 is 2.21 bits per heavy atom. The average Bonchev–Trinajstić information content (AvgIpc) is 2.75. The lowest BCUT2D eigenvalue weighted by Gasteiger charge is -2.36. The van der Waals surface area contributed by atoms with Crippen LogP contribution in [-0.4, -0.2) is 36.4 Å². The molecule has 19 heavy (non-hydrogen) atoms. The van der Waals surface area contributed by atoms with Crippen LogP contribution in [0.25, 0.3) is 0 Å². The molecule has 0 aliphatic carbocycles. The molecule has 0 radical (unpaired) electrons. The van der Waals surface area contributed by atoms with Crippen LogP contribution in [0.3, 0.4) is 0 Å². The van der Waals surface area contributed by atoms with Crippen molar-refractivity contribution in [1.29, 1.82) is 0 Å². The summed E-state index contributed by atoms with van der Waals surface area (Å²) in [4.78, 5) is 11.2. The highest BCUT2D eigenvalue weighted by Crippen LogP contribution is 2.32. The zero-order chi connectivity index (χ0) is 14.2. The number of carboxylic acid groups (broad SMARTS) is 1. The van der Waals surface area contributed by atoms with E-state index in [0.29, 0.717) is 23.6 Å². The summed E-state index contributed by atoms with van der Waals surface area (Å²) >= 11 is 1.18. The first-order valence-electron chi connectivity index (χ1n) is 6.14. The first kappa shape index (κ1) is 14.5. The van der Waals surface area contributed by atoms with E-state index in [4.69, 9.17) is 5.11 Å². The first-order valence-corrected chi connectivity index (χ1v) is 8.46. The SMILES string of the molecule is Cc1ccsc1S(=O)(=O)N1CCC[C@@H](C(=O)O)[C@H]1C. The second-order valence-corrected chi connectivity index (χ2v) is 7.84. The van der Waals surface area contributed by atoms with Gasteiger partial charge in [0.1, 0.15) is 4.21 Å². The zero-order valence-corrected chi connectivity index (χ0v) is 12.5. The van der Waals surface area contributed by atoms with Crippen molar-refractivity contribution in [3.8, 4) is 0 Å².